The van der Waals surface area contributed by atoms with Gasteiger partial charge in [-0.05, 0) is 24.1 Å². The molecule has 1 aromatic rings. The predicted octanol–water partition coefficient (Wildman–Crippen LogP) is 1.45. The van der Waals surface area contributed by atoms with Gasteiger partial charge in [0.25, 0.3) is 0 Å². The molecule has 17 heavy (non-hydrogen) atoms. The molecule has 0 aliphatic rings. The second kappa shape index (κ2) is 5.82. The molecule has 5 heteroatoms. The maximum Gasteiger partial charge on any atom is 0.337 e. The zero-order valence-corrected chi connectivity index (χ0v) is 10.8. The Bertz CT molecular complexity index is 474. The van der Waals surface area contributed by atoms with E-state index in [1.54, 1.807) is 31.2 Å². The zero-order valence-electron chi connectivity index (χ0n) is 9.97. The maximum absolute atomic E-state index is 11.3. The lowest BCUT2D eigenvalue weighted by atomic mass is 10.1. The Hall–Kier alpha value is -1.36. The third kappa shape index (κ3) is 4.19. The van der Waals surface area contributed by atoms with Gasteiger partial charge >= 0.3 is 5.97 Å². The molecular weight excluding hydrogens is 240 g/mol. The van der Waals surface area contributed by atoms with E-state index in [9.17, 15) is 13.2 Å². The molecule has 0 aliphatic carbocycles. The number of hydrogen-bond acceptors (Lipinski definition) is 4. The molecule has 0 unspecified atom stereocenters. The number of carbonyl (C=O) groups is 1. The van der Waals surface area contributed by atoms with Gasteiger partial charge in [-0.1, -0.05) is 19.1 Å². The zero-order chi connectivity index (χ0) is 12.9. The van der Waals surface area contributed by atoms with Crippen LogP contribution in [0.2, 0.25) is 0 Å². The SMILES string of the molecule is CCS(=O)(=O)CCc1ccc(C(=O)OC)cc1. The molecule has 1 rings (SSSR count). The van der Waals surface area contributed by atoms with Gasteiger partial charge in [0.1, 0.15) is 9.84 Å². The molecule has 0 radical (unpaired) electrons. The number of esters is 1. The van der Waals surface area contributed by atoms with Crippen molar-refractivity contribution in [3.8, 4) is 0 Å². The van der Waals surface area contributed by atoms with Gasteiger partial charge in [0, 0.05) is 5.75 Å². The van der Waals surface area contributed by atoms with E-state index < -0.39 is 15.8 Å². The Morgan fingerprint density at radius 3 is 2.29 bits per heavy atom. The Labute approximate surface area is 102 Å². The monoisotopic (exact) mass is 256 g/mol. The smallest absolute Gasteiger partial charge is 0.337 e. The normalized spacial score (nSPS) is 11.2. The second-order valence-electron chi connectivity index (χ2n) is 3.67. The van der Waals surface area contributed by atoms with Crippen molar-refractivity contribution >= 4 is 15.8 Å². The van der Waals surface area contributed by atoms with Crippen LogP contribution in [0, 0.1) is 0 Å². The largest absolute Gasteiger partial charge is 0.465 e. The fraction of sp³-hybridized carbons (Fsp3) is 0.417. The van der Waals surface area contributed by atoms with Crippen molar-refractivity contribution in [2.75, 3.05) is 18.6 Å². The fourth-order valence-electron chi connectivity index (χ4n) is 1.34. The van der Waals surface area contributed by atoms with Crippen LogP contribution in [-0.4, -0.2) is 33.0 Å². The molecule has 1 aromatic carbocycles. The highest BCUT2D eigenvalue weighted by molar-refractivity contribution is 7.91. The number of methoxy groups -OCH3 is 1. The van der Waals surface area contributed by atoms with Crippen LogP contribution in [0.1, 0.15) is 22.8 Å². The highest BCUT2D eigenvalue weighted by atomic mass is 32.2. The Morgan fingerprint density at radius 2 is 1.82 bits per heavy atom. The number of ether oxygens (including phenoxy) is 1. The molecular formula is C12H16O4S. The van der Waals surface area contributed by atoms with Gasteiger partial charge in [-0.25, -0.2) is 13.2 Å². The van der Waals surface area contributed by atoms with Gasteiger partial charge in [0.05, 0.1) is 18.4 Å². The molecule has 0 spiro atoms. The van der Waals surface area contributed by atoms with E-state index >= 15 is 0 Å². The summed E-state index contributed by atoms with van der Waals surface area (Å²) in [5.74, 6) is -0.0911. The lowest BCUT2D eigenvalue weighted by Crippen LogP contribution is -2.11. The number of rotatable bonds is 5. The van der Waals surface area contributed by atoms with E-state index in [0.717, 1.165) is 5.56 Å². The molecule has 0 fully saturated rings. The van der Waals surface area contributed by atoms with Crippen molar-refractivity contribution in [3.63, 3.8) is 0 Å². The lowest BCUT2D eigenvalue weighted by Gasteiger charge is -2.03. The number of aryl methyl sites for hydroxylation is 1. The van der Waals surface area contributed by atoms with Crippen molar-refractivity contribution in [1.29, 1.82) is 0 Å². The van der Waals surface area contributed by atoms with Crippen molar-refractivity contribution < 1.29 is 17.9 Å². The summed E-state index contributed by atoms with van der Waals surface area (Å²) in [5.41, 5.74) is 1.37. The quantitative estimate of drug-likeness (QED) is 0.748. The van der Waals surface area contributed by atoms with E-state index in [1.165, 1.54) is 7.11 Å². The first kappa shape index (κ1) is 13.7. The molecule has 0 bridgehead atoms. The molecule has 0 aromatic heterocycles. The van der Waals surface area contributed by atoms with Gasteiger partial charge in [-0.2, -0.15) is 0 Å². The molecule has 0 N–H and O–H groups in total. The standard InChI is InChI=1S/C12H16O4S/c1-3-17(14,15)9-8-10-4-6-11(7-5-10)12(13)16-2/h4-7H,3,8-9H2,1-2H3. The Morgan fingerprint density at radius 1 is 1.24 bits per heavy atom. The fourth-order valence-corrected chi connectivity index (χ4v) is 2.18. The summed E-state index contributed by atoms with van der Waals surface area (Å²) in [6.07, 6.45) is 0.470. The van der Waals surface area contributed by atoms with Gasteiger partial charge in [-0.3, -0.25) is 0 Å². The van der Waals surface area contributed by atoms with Crippen LogP contribution >= 0.6 is 0 Å². The molecule has 0 aliphatic heterocycles. The summed E-state index contributed by atoms with van der Waals surface area (Å²) < 4.78 is 27.2. The van der Waals surface area contributed by atoms with Gasteiger partial charge in [0.15, 0.2) is 0 Å². The highest BCUT2D eigenvalue weighted by Crippen LogP contribution is 2.07. The van der Waals surface area contributed by atoms with Gasteiger partial charge in [-0.15, -0.1) is 0 Å². The molecule has 4 nitrogen and oxygen atoms in total. The number of carbonyl (C=O) groups excluding carboxylic acids is 1. The van der Waals surface area contributed by atoms with E-state index in [0.29, 0.717) is 12.0 Å². The van der Waals surface area contributed by atoms with E-state index in [-0.39, 0.29) is 11.5 Å². The summed E-state index contributed by atoms with van der Waals surface area (Å²) >= 11 is 0. The van der Waals surface area contributed by atoms with Crippen LogP contribution in [0.4, 0.5) is 0 Å². The molecule has 0 saturated carbocycles. The summed E-state index contributed by atoms with van der Waals surface area (Å²) in [6.45, 7) is 1.63. The maximum atomic E-state index is 11.3. The third-order valence-corrected chi connectivity index (χ3v) is 4.22. The molecule has 0 saturated heterocycles. The Kier molecular flexibility index (Phi) is 4.69. The van der Waals surface area contributed by atoms with Crippen molar-refractivity contribution in [2.24, 2.45) is 0 Å². The predicted molar refractivity (Wildman–Crippen MR) is 65.8 cm³/mol. The molecule has 0 amide bonds. The average Bonchev–Trinajstić information content (AvgIpc) is 2.36. The van der Waals surface area contributed by atoms with Crippen LogP contribution in [0.15, 0.2) is 24.3 Å². The van der Waals surface area contributed by atoms with E-state index in [2.05, 4.69) is 4.74 Å². The summed E-state index contributed by atoms with van der Waals surface area (Å²) in [6, 6.07) is 6.77. The van der Waals surface area contributed by atoms with Gasteiger partial charge < -0.3 is 4.74 Å². The highest BCUT2D eigenvalue weighted by Gasteiger charge is 2.08. The number of hydrogen-bond donors (Lipinski definition) is 0. The van der Waals surface area contributed by atoms with Crippen molar-refractivity contribution in [2.45, 2.75) is 13.3 Å². The first-order valence-corrected chi connectivity index (χ1v) is 7.18. The minimum absolute atomic E-state index is 0.140. The topological polar surface area (TPSA) is 60.4 Å². The van der Waals surface area contributed by atoms with Crippen LogP contribution in [0.3, 0.4) is 0 Å². The summed E-state index contributed by atoms with van der Waals surface area (Å²) in [7, 11) is -1.62. The van der Waals surface area contributed by atoms with Crippen molar-refractivity contribution in [3.05, 3.63) is 35.4 Å². The Balaban J connectivity index is 2.66. The average molecular weight is 256 g/mol. The van der Waals surface area contributed by atoms with E-state index in [4.69, 9.17) is 0 Å². The van der Waals surface area contributed by atoms with Gasteiger partial charge in [0.2, 0.25) is 0 Å². The van der Waals surface area contributed by atoms with Crippen LogP contribution < -0.4 is 0 Å². The molecule has 0 heterocycles. The minimum atomic E-state index is -2.94. The lowest BCUT2D eigenvalue weighted by molar-refractivity contribution is 0.0600. The molecule has 0 atom stereocenters. The number of sulfone groups is 1. The summed E-state index contributed by atoms with van der Waals surface area (Å²) in [5, 5.41) is 0. The minimum Gasteiger partial charge on any atom is -0.465 e. The molecule has 94 valence electrons. The third-order valence-electron chi connectivity index (χ3n) is 2.52. The van der Waals surface area contributed by atoms with Crippen LogP contribution in [-0.2, 0) is 21.0 Å². The van der Waals surface area contributed by atoms with Crippen molar-refractivity contribution in [1.82, 2.24) is 0 Å². The second-order valence-corrected chi connectivity index (χ2v) is 6.15. The first-order chi connectivity index (χ1) is 7.98. The van der Waals surface area contributed by atoms with Crippen LogP contribution in [0.25, 0.3) is 0 Å². The number of benzene rings is 1. The first-order valence-electron chi connectivity index (χ1n) is 5.36. The summed E-state index contributed by atoms with van der Waals surface area (Å²) in [4.78, 5) is 11.2. The van der Waals surface area contributed by atoms with E-state index in [1.807, 2.05) is 0 Å². The van der Waals surface area contributed by atoms with Crippen LogP contribution in [0.5, 0.6) is 0 Å².